The van der Waals surface area contributed by atoms with Gasteiger partial charge in [0.25, 0.3) is 5.91 Å². The molecule has 1 aliphatic heterocycles. The third-order valence-corrected chi connectivity index (χ3v) is 5.63. The molecule has 0 spiro atoms. The van der Waals surface area contributed by atoms with Crippen LogP contribution in [0.5, 0.6) is 5.75 Å². The van der Waals surface area contributed by atoms with Gasteiger partial charge in [-0.25, -0.2) is 4.98 Å². The van der Waals surface area contributed by atoms with E-state index in [9.17, 15) is 4.79 Å². The number of hydrogen-bond acceptors (Lipinski definition) is 4. The highest BCUT2D eigenvalue weighted by Gasteiger charge is 2.23. The van der Waals surface area contributed by atoms with E-state index in [1.807, 2.05) is 0 Å². The molecule has 2 heterocycles. The van der Waals surface area contributed by atoms with Crippen LogP contribution in [0.15, 0.2) is 53.7 Å². The lowest BCUT2D eigenvalue weighted by molar-refractivity contribution is 0.0950. The molecule has 6 heteroatoms. The number of carbonyl (C=O) groups excluding carboxylic acids is 1. The van der Waals surface area contributed by atoms with Crippen molar-refractivity contribution in [3.63, 3.8) is 0 Å². The van der Waals surface area contributed by atoms with Crippen molar-refractivity contribution in [3.8, 4) is 17.0 Å². The van der Waals surface area contributed by atoms with Gasteiger partial charge in [-0.3, -0.25) is 4.79 Å². The Morgan fingerprint density at radius 3 is 2.63 bits per heavy atom. The summed E-state index contributed by atoms with van der Waals surface area (Å²) in [6.45, 7) is 3.44. The van der Waals surface area contributed by atoms with Crippen molar-refractivity contribution in [2.45, 2.75) is 25.2 Å². The van der Waals surface area contributed by atoms with Crippen molar-refractivity contribution < 1.29 is 9.53 Å². The van der Waals surface area contributed by atoms with Crippen LogP contribution in [0, 0.1) is 6.92 Å². The fourth-order valence-corrected chi connectivity index (χ4v) is 4.13. The van der Waals surface area contributed by atoms with E-state index in [0.717, 1.165) is 40.2 Å². The number of carbonyl (C=O) groups is 1. The van der Waals surface area contributed by atoms with E-state index in [-0.39, 0.29) is 5.91 Å². The molecular weight excluding hydrogens is 358 g/mol. The van der Waals surface area contributed by atoms with E-state index in [1.54, 1.807) is 43.1 Å². The largest absolute Gasteiger partial charge is 0.497 e. The Labute approximate surface area is 162 Å². The van der Waals surface area contributed by atoms with Gasteiger partial charge in [0, 0.05) is 23.4 Å². The first-order valence-electron chi connectivity index (χ1n) is 8.87. The third-order valence-electron chi connectivity index (χ3n) is 4.68. The van der Waals surface area contributed by atoms with E-state index < -0.39 is 0 Å². The van der Waals surface area contributed by atoms with Crippen LogP contribution in [-0.4, -0.2) is 28.3 Å². The number of ether oxygens (including phenoxy) is 1. The maximum atomic E-state index is 12.5. The highest BCUT2D eigenvalue weighted by molar-refractivity contribution is 7.99. The lowest BCUT2D eigenvalue weighted by Crippen LogP contribution is -2.24. The maximum Gasteiger partial charge on any atom is 0.251 e. The number of aryl methyl sites for hydroxylation is 1. The van der Waals surface area contributed by atoms with E-state index in [2.05, 4.69) is 41.1 Å². The maximum absolute atomic E-state index is 12.5. The molecule has 0 saturated carbocycles. The van der Waals surface area contributed by atoms with E-state index in [4.69, 9.17) is 9.72 Å². The molecule has 1 amide bonds. The zero-order valence-corrected chi connectivity index (χ0v) is 16.2. The Kier molecular flexibility index (Phi) is 4.90. The number of fused-ring (bicyclic) bond motifs is 1. The fourth-order valence-electron chi connectivity index (χ4n) is 3.16. The predicted octanol–water partition coefficient (Wildman–Crippen LogP) is 3.90. The Bertz CT molecular complexity index is 962. The minimum absolute atomic E-state index is 0.103. The summed E-state index contributed by atoms with van der Waals surface area (Å²) < 4.78 is 7.36. The van der Waals surface area contributed by atoms with Crippen molar-refractivity contribution in [1.82, 2.24) is 14.9 Å². The molecule has 0 aliphatic carbocycles. The van der Waals surface area contributed by atoms with Crippen LogP contribution in [0.4, 0.5) is 0 Å². The molecule has 1 N–H and O–H groups in total. The molecule has 0 unspecified atom stereocenters. The summed E-state index contributed by atoms with van der Waals surface area (Å²) in [4.78, 5) is 17.4. The summed E-state index contributed by atoms with van der Waals surface area (Å²) in [7, 11) is 1.61. The number of benzene rings is 2. The van der Waals surface area contributed by atoms with Gasteiger partial charge in [0.05, 0.1) is 25.0 Å². The first kappa shape index (κ1) is 17.7. The second-order valence-electron chi connectivity index (χ2n) is 6.47. The van der Waals surface area contributed by atoms with Gasteiger partial charge in [0.15, 0.2) is 5.16 Å². The zero-order chi connectivity index (χ0) is 18.8. The number of amides is 1. The molecule has 27 heavy (non-hydrogen) atoms. The number of thioether (sulfide) groups is 1. The van der Waals surface area contributed by atoms with Crippen LogP contribution >= 0.6 is 11.8 Å². The van der Waals surface area contributed by atoms with Gasteiger partial charge in [0.2, 0.25) is 0 Å². The summed E-state index contributed by atoms with van der Waals surface area (Å²) in [5.74, 6) is 1.66. The van der Waals surface area contributed by atoms with Crippen LogP contribution in [0.1, 0.15) is 21.6 Å². The lowest BCUT2D eigenvalue weighted by Gasteiger charge is -2.10. The Morgan fingerprint density at radius 2 is 1.93 bits per heavy atom. The first-order chi connectivity index (χ1) is 13.2. The molecule has 0 saturated heterocycles. The van der Waals surface area contributed by atoms with Crippen molar-refractivity contribution >= 4 is 17.7 Å². The zero-order valence-electron chi connectivity index (χ0n) is 15.4. The fraction of sp³-hybridized carbons (Fsp3) is 0.238. The number of aromatic nitrogens is 2. The summed E-state index contributed by atoms with van der Waals surface area (Å²) in [6.07, 6.45) is 0. The third kappa shape index (κ3) is 3.57. The van der Waals surface area contributed by atoms with Crippen molar-refractivity contribution in [3.05, 3.63) is 65.4 Å². The Hall–Kier alpha value is -2.73. The van der Waals surface area contributed by atoms with Gasteiger partial charge in [-0.2, -0.15) is 0 Å². The Balaban J connectivity index is 1.57. The van der Waals surface area contributed by atoms with Gasteiger partial charge in [0.1, 0.15) is 5.75 Å². The molecule has 0 bridgehead atoms. The Morgan fingerprint density at radius 1 is 1.19 bits per heavy atom. The van der Waals surface area contributed by atoms with E-state index in [0.29, 0.717) is 12.1 Å². The van der Waals surface area contributed by atoms with Crippen LogP contribution in [-0.2, 0) is 13.1 Å². The van der Waals surface area contributed by atoms with Gasteiger partial charge in [-0.15, -0.1) is 0 Å². The van der Waals surface area contributed by atoms with Crippen LogP contribution in [0.3, 0.4) is 0 Å². The molecule has 0 radical (unpaired) electrons. The minimum Gasteiger partial charge on any atom is -0.497 e. The van der Waals surface area contributed by atoms with Gasteiger partial charge in [-0.1, -0.05) is 41.6 Å². The summed E-state index contributed by atoms with van der Waals surface area (Å²) in [5.41, 5.74) is 4.92. The number of imidazole rings is 1. The van der Waals surface area contributed by atoms with Crippen LogP contribution < -0.4 is 10.1 Å². The van der Waals surface area contributed by atoms with Gasteiger partial charge < -0.3 is 14.6 Å². The van der Waals surface area contributed by atoms with E-state index >= 15 is 0 Å². The minimum atomic E-state index is -0.103. The molecular formula is C21H21N3O2S. The average molecular weight is 379 g/mol. The smallest absolute Gasteiger partial charge is 0.251 e. The molecule has 3 aromatic rings. The molecule has 5 nitrogen and oxygen atoms in total. The van der Waals surface area contributed by atoms with Crippen LogP contribution in [0.25, 0.3) is 11.3 Å². The predicted molar refractivity (Wildman–Crippen MR) is 107 cm³/mol. The molecule has 0 fully saturated rings. The second-order valence-corrected chi connectivity index (χ2v) is 7.53. The van der Waals surface area contributed by atoms with Gasteiger partial charge >= 0.3 is 0 Å². The monoisotopic (exact) mass is 379 g/mol. The highest BCUT2D eigenvalue weighted by atomic mass is 32.2. The van der Waals surface area contributed by atoms with Crippen LogP contribution in [0.2, 0.25) is 0 Å². The molecule has 1 aromatic heterocycles. The SMILES string of the molecule is COc1ccc(C(=O)NCc2c(-c3ccc(C)cc3)nc3n2CCS3)cc1. The standard InChI is InChI=1S/C21H21N3O2S/c1-14-3-5-15(6-4-14)19-18(24-11-12-27-21(24)23-19)13-22-20(25)16-7-9-17(26-2)10-8-16/h3-10H,11-13H2,1-2H3,(H,22,25). The quantitative estimate of drug-likeness (QED) is 0.730. The van der Waals surface area contributed by atoms with Crippen molar-refractivity contribution in [2.24, 2.45) is 0 Å². The summed E-state index contributed by atoms with van der Waals surface area (Å²) in [5, 5.41) is 4.07. The molecule has 1 aliphatic rings. The van der Waals surface area contributed by atoms with Crippen molar-refractivity contribution in [1.29, 1.82) is 0 Å². The lowest BCUT2D eigenvalue weighted by atomic mass is 10.1. The normalized spacial score (nSPS) is 12.7. The molecule has 4 rings (SSSR count). The molecule has 0 atom stereocenters. The van der Waals surface area contributed by atoms with E-state index in [1.165, 1.54) is 5.56 Å². The number of nitrogens with zero attached hydrogens (tertiary/aromatic N) is 2. The van der Waals surface area contributed by atoms with Crippen molar-refractivity contribution in [2.75, 3.05) is 12.9 Å². The summed E-state index contributed by atoms with van der Waals surface area (Å²) in [6, 6.07) is 15.5. The number of rotatable bonds is 5. The number of nitrogens with one attached hydrogen (secondary N) is 1. The molecule has 2 aromatic carbocycles. The number of methoxy groups -OCH3 is 1. The highest BCUT2D eigenvalue weighted by Crippen LogP contribution is 2.33. The topological polar surface area (TPSA) is 56.1 Å². The average Bonchev–Trinajstić information content (AvgIpc) is 3.28. The van der Waals surface area contributed by atoms with Gasteiger partial charge in [-0.05, 0) is 31.2 Å². The molecule has 138 valence electrons. The second kappa shape index (κ2) is 7.48. The number of hydrogen-bond donors (Lipinski definition) is 1. The summed E-state index contributed by atoms with van der Waals surface area (Å²) >= 11 is 1.76. The first-order valence-corrected chi connectivity index (χ1v) is 9.86.